The summed E-state index contributed by atoms with van der Waals surface area (Å²) < 4.78 is 13.3. The highest BCUT2D eigenvalue weighted by atomic mass is 32.1. The van der Waals surface area contributed by atoms with E-state index in [1.807, 2.05) is 13.8 Å². The molecule has 0 spiro atoms. The Bertz CT molecular complexity index is 837. The summed E-state index contributed by atoms with van der Waals surface area (Å²) in [6, 6.07) is 5.80. The molecule has 8 heteroatoms. The van der Waals surface area contributed by atoms with Gasteiger partial charge in [-0.05, 0) is 50.8 Å². The van der Waals surface area contributed by atoms with Gasteiger partial charge in [-0.15, -0.1) is 11.3 Å². The largest absolute Gasteiger partial charge is 0.465 e. The van der Waals surface area contributed by atoms with E-state index < -0.39 is 6.09 Å². The molecule has 2 N–H and O–H groups in total. The summed E-state index contributed by atoms with van der Waals surface area (Å²) in [7, 11) is 0. The van der Waals surface area contributed by atoms with Crippen LogP contribution in [0.1, 0.15) is 41.7 Å². The highest BCUT2D eigenvalue weighted by Crippen LogP contribution is 2.33. The van der Waals surface area contributed by atoms with Gasteiger partial charge in [-0.1, -0.05) is 12.1 Å². The van der Waals surface area contributed by atoms with Crippen LogP contribution in [0.25, 0.3) is 10.4 Å². The molecular formula is C19H22FN3O3S. The number of benzene rings is 1. The van der Waals surface area contributed by atoms with Gasteiger partial charge in [0.25, 0.3) is 5.91 Å². The van der Waals surface area contributed by atoms with Crippen molar-refractivity contribution >= 4 is 23.3 Å². The third-order valence-corrected chi connectivity index (χ3v) is 5.81. The standard InChI is InChI=1S/C19H22FN3O3S/c1-11-4-3-5-15(10-21-19(25)26)23(11)18(24)16-17(27-12(2)22-16)13-6-8-14(20)9-7-13/h6-9,11,15,21H,3-5,10H2,1-2H3,(H,25,26). The fraction of sp³-hybridized carbons (Fsp3) is 0.421. The van der Waals surface area contributed by atoms with Crippen molar-refractivity contribution in [3.63, 3.8) is 0 Å². The number of likely N-dealkylation sites (tertiary alicyclic amines) is 1. The summed E-state index contributed by atoms with van der Waals surface area (Å²) in [4.78, 5) is 31.1. The summed E-state index contributed by atoms with van der Waals surface area (Å²) in [6.45, 7) is 4.00. The first-order chi connectivity index (χ1) is 12.9. The van der Waals surface area contributed by atoms with Crippen LogP contribution in [0.5, 0.6) is 0 Å². The molecule has 2 unspecified atom stereocenters. The topological polar surface area (TPSA) is 82.5 Å². The monoisotopic (exact) mass is 391 g/mol. The number of carbonyl (C=O) groups excluding carboxylic acids is 1. The Morgan fingerprint density at radius 1 is 1.33 bits per heavy atom. The number of nitrogens with one attached hydrogen (secondary N) is 1. The van der Waals surface area contributed by atoms with E-state index in [4.69, 9.17) is 5.11 Å². The molecular weight excluding hydrogens is 369 g/mol. The number of carbonyl (C=O) groups is 2. The molecule has 0 radical (unpaired) electrons. The minimum absolute atomic E-state index is 0.00470. The predicted octanol–water partition coefficient (Wildman–Crippen LogP) is 3.91. The second-order valence-electron chi connectivity index (χ2n) is 6.75. The minimum atomic E-state index is -1.10. The molecule has 2 aromatic rings. The smallest absolute Gasteiger partial charge is 0.404 e. The van der Waals surface area contributed by atoms with E-state index in [1.165, 1.54) is 23.5 Å². The summed E-state index contributed by atoms with van der Waals surface area (Å²) >= 11 is 1.40. The maximum atomic E-state index is 13.4. The van der Waals surface area contributed by atoms with Crippen molar-refractivity contribution in [1.82, 2.24) is 15.2 Å². The van der Waals surface area contributed by atoms with Gasteiger partial charge in [-0.25, -0.2) is 14.2 Å². The van der Waals surface area contributed by atoms with Crippen LogP contribution in [0.4, 0.5) is 9.18 Å². The predicted molar refractivity (Wildman–Crippen MR) is 102 cm³/mol. The van der Waals surface area contributed by atoms with E-state index in [-0.39, 0.29) is 30.4 Å². The summed E-state index contributed by atoms with van der Waals surface area (Å²) in [6.07, 6.45) is 1.45. The van der Waals surface area contributed by atoms with Crippen molar-refractivity contribution in [2.45, 2.75) is 45.2 Å². The molecule has 6 nitrogen and oxygen atoms in total. The van der Waals surface area contributed by atoms with E-state index in [1.54, 1.807) is 17.0 Å². The van der Waals surface area contributed by atoms with Gasteiger partial charge in [0.1, 0.15) is 11.5 Å². The van der Waals surface area contributed by atoms with Crippen LogP contribution in [0.2, 0.25) is 0 Å². The molecule has 1 fully saturated rings. The molecule has 0 bridgehead atoms. The zero-order chi connectivity index (χ0) is 19.6. The molecule has 1 aromatic heterocycles. The van der Waals surface area contributed by atoms with Crippen LogP contribution in [0.15, 0.2) is 24.3 Å². The number of halogens is 1. The molecule has 1 aliphatic heterocycles. The molecule has 1 saturated heterocycles. The zero-order valence-corrected chi connectivity index (χ0v) is 16.1. The molecule has 1 aromatic carbocycles. The van der Waals surface area contributed by atoms with Crippen LogP contribution in [-0.4, -0.2) is 45.6 Å². The number of piperidine rings is 1. The number of carboxylic acid groups (broad SMARTS) is 1. The molecule has 0 saturated carbocycles. The number of rotatable bonds is 4. The maximum absolute atomic E-state index is 13.4. The first kappa shape index (κ1) is 19.3. The van der Waals surface area contributed by atoms with Gasteiger partial charge in [0.2, 0.25) is 0 Å². The number of hydrogen-bond acceptors (Lipinski definition) is 4. The summed E-state index contributed by atoms with van der Waals surface area (Å²) in [5, 5.41) is 12.1. The molecule has 2 heterocycles. The van der Waals surface area contributed by atoms with Crippen molar-refractivity contribution in [1.29, 1.82) is 0 Å². The molecule has 2 amide bonds. The third-order valence-electron chi connectivity index (χ3n) is 4.79. The van der Waals surface area contributed by atoms with Gasteiger partial charge < -0.3 is 15.3 Å². The quantitative estimate of drug-likeness (QED) is 0.828. The average molecular weight is 391 g/mol. The molecule has 27 heavy (non-hydrogen) atoms. The van der Waals surface area contributed by atoms with E-state index in [0.717, 1.165) is 29.8 Å². The first-order valence-corrected chi connectivity index (χ1v) is 9.71. The van der Waals surface area contributed by atoms with Gasteiger partial charge in [0.05, 0.1) is 9.88 Å². The lowest BCUT2D eigenvalue weighted by atomic mass is 9.95. The van der Waals surface area contributed by atoms with Crippen molar-refractivity contribution in [2.24, 2.45) is 0 Å². The van der Waals surface area contributed by atoms with E-state index in [0.29, 0.717) is 10.6 Å². The van der Waals surface area contributed by atoms with Crippen LogP contribution >= 0.6 is 11.3 Å². The Morgan fingerprint density at radius 3 is 2.70 bits per heavy atom. The second kappa shape index (κ2) is 8.04. The van der Waals surface area contributed by atoms with Crippen LogP contribution in [-0.2, 0) is 0 Å². The maximum Gasteiger partial charge on any atom is 0.404 e. The van der Waals surface area contributed by atoms with Crippen LogP contribution < -0.4 is 5.32 Å². The van der Waals surface area contributed by atoms with E-state index >= 15 is 0 Å². The molecule has 3 rings (SSSR count). The number of aromatic nitrogens is 1. The second-order valence-corrected chi connectivity index (χ2v) is 7.95. The fourth-order valence-electron chi connectivity index (χ4n) is 3.55. The van der Waals surface area contributed by atoms with Gasteiger partial charge in [0, 0.05) is 18.6 Å². The Morgan fingerprint density at radius 2 is 2.04 bits per heavy atom. The fourth-order valence-corrected chi connectivity index (χ4v) is 4.47. The molecule has 0 aliphatic carbocycles. The van der Waals surface area contributed by atoms with Crippen molar-refractivity contribution < 1.29 is 19.1 Å². The zero-order valence-electron chi connectivity index (χ0n) is 15.2. The first-order valence-electron chi connectivity index (χ1n) is 8.89. The number of nitrogens with zero attached hydrogens (tertiary/aromatic N) is 2. The lowest BCUT2D eigenvalue weighted by molar-refractivity contribution is 0.0474. The van der Waals surface area contributed by atoms with E-state index in [9.17, 15) is 14.0 Å². The molecule has 144 valence electrons. The van der Waals surface area contributed by atoms with E-state index in [2.05, 4.69) is 10.3 Å². The Balaban J connectivity index is 1.93. The Hall–Kier alpha value is -2.48. The lowest BCUT2D eigenvalue weighted by Gasteiger charge is -2.40. The molecule has 1 aliphatic rings. The number of amides is 2. The Labute approximate surface area is 161 Å². The van der Waals surface area contributed by atoms with Gasteiger partial charge >= 0.3 is 6.09 Å². The number of aryl methyl sites for hydroxylation is 1. The van der Waals surface area contributed by atoms with Crippen molar-refractivity contribution in [3.05, 3.63) is 40.8 Å². The highest BCUT2D eigenvalue weighted by molar-refractivity contribution is 7.15. The third kappa shape index (κ3) is 4.27. The van der Waals surface area contributed by atoms with Gasteiger partial charge in [0.15, 0.2) is 0 Å². The highest BCUT2D eigenvalue weighted by Gasteiger charge is 2.35. The SMILES string of the molecule is Cc1nc(C(=O)N2C(C)CCCC2CNC(=O)O)c(-c2ccc(F)cc2)s1. The average Bonchev–Trinajstić information content (AvgIpc) is 3.02. The lowest BCUT2D eigenvalue weighted by Crippen LogP contribution is -2.53. The number of thiazole rings is 1. The number of hydrogen-bond donors (Lipinski definition) is 2. The molecule has 2 atom stereocenters. The van der Waals surface area contributed by atoms with Crippen LogP contribution in [0.3, 0.4) is 0 Å². The van der Waals surface area contributed by atoms with Crippen LogP contribution in [0, 0.1) is 12.7 Å². The van der Waals surface area contributed by atoms with Crippen molar-refractivity contribution in [2.75, 3.05) is 6.54 Å². The minimum Gasteiger partial charge on any atom is -0.465 e. The van der Waals surface area contributed by atoms with Gasteiger partial charge in [-0.2, -0.15) is 0 Å². The Kier molecular flexibility index (Phi) is 5.74. The van der Waals surface area contributed by atoms with Crippen molar-refractivity contribution in [3.8, 4) is 10.4 Å². The summed E-state index contributed by atoms with van der Waals surface area (Å²) in [5.74, 6) is -0.541. The van der Waals surface area contributed by atoms with Gasteiger partial charge in [-0.3, -0.25) is 4.79 Å². The normalized spacial score (nSPS) is 19.7. The summed E-state index contributed by atoms with van der Waals surface area (Å²) in [5.41, 5.74) is 1.09.